The molecule has 1 aromatic carbocycles. The van der Waals surface area contributed by atoms with Gasteiger partial charge in [0, 0.05) is 41.5 Å². The van der Waals surface area contributed by atoms with Crippen molar-refractivity contribution < 1.29 is 9.13 Å². The number of benzene rings is 1. The Labute approximate surface area is 198 Å². The first-order valence-corrected chi connectivity index (χ1v) is 10.9. The second-order valence-corrected chi connectivity index (χ2v) is 8.39. The summed E-state index contributed by atoms with van der Waals surface area (Å²) in [6, 6.07) is 13.9. The predicted molar refractivity (Wildman–Crippen MR) is 126 cm³/mol. The minimum Gasteiger partial charge on any atom is -0.482 e. The van der Waals surface area contributed by atoms with Gasteiger partial charge in [0.25, 0.3) is 0 Å². The summed E-state index contributed by atoms with van der Waals surface area (Å²) in [7, 11) is 1.73. The summed E-state index contributed by atoms with van der Waals surface area (Å²) < 4.78 is 22.6. The Morgan fingerprint density at radius 1 is 1.24 bits per heavy atom. The SMILES string of the molecule is C[C@@H](Oc1cc(Br)cnc1N)c1cc(F)ccc1-c1ncccc1Cc1cc(C#N)n(C)n1. The van der Waals surface area contributed by atoms with Crippen molar-refractivity contribution in [3.63, 3.8) is 0 Å². The third-order valence-electron chi connectivity index (χ3n) is 5.17. The highest BCUT2D eigenvalue weighted by molar-refractivity contribution is 9.10. The van der Waals surface area contributed by atoms with Gasteiger partial charge in [-0.15, -0.1) is 0 Å². The molecule has 0 unspecified atom stereocenters. The number of nitrogens with two attached hydrogens (primary N) is 1. The molecule has 9 heteroatoms. The van der Waals surface area contributed by atoms with Crippen molar-refractivity contribution in [3.05, 3.63) is 87.7 Å². The van der Waals surface area contributed by atoms with Crippen LogP contribution in [0.4, 0.5) is 10.2 Å². The van der Waals surface area contributed by atoms with Crippen LogP contribution in [0.5, 0.6) is 5.75 Å². The van der Waals surface area contributed by atoms with Crippen LogP contribution in [-0.4, -0.2) is 19.7 Å². The van der Waals surface area contributed by atoms with Crippen LogP contribution in [0.3, 0.4) is 0 Å². The molecule has 0 bridgehead atoms. The summed E-state index contributed by atoms with van der Waals surface area (Å²) in [6.45, 7) is 1.82. The number of anilines is 1. The van der Waals surface area contributed by atoms with Crippen LogP contribution in [0.1, 0.15) is 35.5 Å². The Hall–Kier alpha value is -3.77. The molecule has 0 saturated carbocycles. The number of aryl methyl sites for hydroxylation is 1. The van der Waals surface area contributed by atoms with Crippen LogP contribution in [-0.2, 0) is 13.5 Å². The third kappa shape index (κ3) is 4.86. The summed E-state index contributed by atoms with van der Waals surface area (Å²) >= 11 is 3.36. The molecule has 0 amide bonds. The maximum absolute atomic E-state index is 14.3. The Balaban J connectivity index is 1.73. The number of rotatable bonds is 6. The first kappa shape index (κ1) is 22.4. The summed E-state index contributed by atoms with van der Waals surface area (Å²) in [6.07, 6.45) is 3.19. The normalized spacial score (nSPS) is 11.7. The van der Waals surface area contributed by atoms with E-state index in [9.17, 15) is 9.65 Å². The van der Waals surface area contributed by atoms with Gasteiger partial charge >= 0.3 is 0 Å². The molecule has 1 atom stereocenters. The molecule has 3 aromatic heterocycles. The zero-order valence-electron chi connectivity index (χ0n) is 18.0. The van der Waals surface area contributed by atoms with E-state index in [1.54, 1.807) is 42.3 Å². The van der Waals surface area contributed by atoms with Crippen molar-refractivity contribution in [2.24, 2.45) is 7.05 Å². The Kier molecular flexibility index (Phi) is 6.38. The first-order chi connectivity index (χ1) is 15.9. The van der Waals surface area contributed by atoms with Crippen LogP contribution < -0.4 is 10.5 Å². The van der Waals surface area contributed by atoms with Crippen molar-refractivity contribution in [2.75, 3.05) is 5.73 Å². The molecule has 0 saturated heterocycles. The van der Waals surface area contributed by atoms with Gasteiger partial charge in [0.05, 0.1) is 11.4 Å². The van der Waals surface area contributed by atoms with E-state index >= 15 is 0 Å². The highest BCUT2D eigenvalue weighted by Gasteiger charge is 2.20. The molecule has 4 aromatic rings. The fraction of sp³-hybridized carbons (Fsp3) is 0.167. The van der Waals surface area contributed by atoms with Gasteiger partial charge in [0.2, 0.25) is 0 Å². The number of halogens is 2. The van der Waals surface area contributed by atoms with Gasteiger partial charge in [-0.05, 0) is 64.8 Å². The van der Waals surface area contributed by atoms with Gasteiger partial charge < -0.3 is 10.5 Å². The van der Waals surface area contributed by atoms with Crippen molar-refractivity contribution in [3.8, 4) is 23.1 Å². The van der Waals surface area contributed by atoms with Gasteiger partial charge in [-0.25, -0.2) is 9.37 Å². The lowest BCUT2D eigenvalue weighted by atomic mass is 9.95. The monoisotopic (exact) mass is 506 g/mol. The largest absolute Gasteiger partial charge is 0.482 e. The molecule has 3 heterocycles. The predicted octanol–water partition coefficient (Wildman–Crippen LogP) is 4.96. The Bertz CT molecular complexity index is 1360. The van der Waals surface area contributed by atoms with Crippen molar-refractivity contribution in [2.45, 2.75) is 19.4 Å². The molecule has 7 nitrogen and oxygen atoms in total. The van der Waals surface area contributed by atoms with Gasteiger partial charge in [-0.3, -0.25) is 9.67 Å². The number of ether oxygens (including phenoxy) is 1. The topological polar surface area (TPSA) is 103 Å². The molecular formula is C24H20BrFN6O. The second kappa shape index (κ2) is 9.38. The van der Waals surface area contributed by atoms with Crippen LogP contribution in [0.25, 0.3) is 11.3 Å². The average Bonchev–Trinajstić information content (AvgIpc) is 3.15. The molecule has 0 aliphatic carbocycles. The number of pyridine rings is 2. The number of nitrogen functional groups attached to an aromatic ring is 1. The molecule has 0 spiro atoms. The highest BCUT2D eigenvalue weighted by Crippen LogP contribution is 2.35. The van der Waals surface area contributed by atoms with Crippen molar-refractivity contribution in [1.82, 2.24) is 19.7 Å². The molecule has 2 N–H and O–H groups in total. The minimum atomic E-state index is -0.538. The van der Waals surface area contributed by atoms with E-state index in [-0.39, 0.29) is 11.6 Å². The quantitative estimate of drug-likeness (QED) is 0.396. The minimum absolute atomic E-state index is 0.241. The molecule has 0 aliphatic heterocycles. The lowest BCUT2D eigenvalue weighted by Gasteiger charge is -2.20. The maximum Gasteiger partial charge on any atom is 0.166 e. The lowest BCUT2D eigenvalue weighted by Crippen LogP contribution is -2.09. The third-order valence-corrected chi connectivity index (χ3v) is 5.60. The van der Waals surface area contributed by atoms with Gasteiger partial charge in [-0.2, -0.15) is 10.4 Å². The first-order valence-electron chi connectivity index (χ1n) is 10.1. The molecule has 33 heavy (non-hydrogen) atoms. The molecule has 0 fully saturated rings. The summed E-state index contributed by atoms with van der Waals surface area (Å²) in [5.74, 6) is 0.251. The van der Waals surface area contributed by atoms with Gasteiger partial charge in [0.1, 0.15) is 23.7 Å². The fourth-order valence-electron chi connectivity index (χ4n) is 3.60. The number of hydrogen-bond donors (Lipinski definition) is 1. The van der Waals surface area contributed by atoms with E-state index in [1.165, 1.54) is 12.1 Å². The van der Waals surface area contributed by atoms with Crippen LogP contribution in [0, 0.1) is 17.1 Å². The highest BCUT2D eigenvalue weighted by atomic mass is 79.9. The Morgan fingerprint density at radius 3 is 2.82 bits per heavy atom. The number of nitrogens with zero attached hydrogens (tertiary/aromatic N) is 5. The zero-order chi connectivity index (χ0) is 23.5. The number of aromatic nitrogens is 4. The van der Waals surface area contributed by atoms with E-state index in [0.717, 1.165) is 21.3 Å². The average molecular weight is 507 g/mol. The van der Waals surface area contributed by atoms with E-state index < -0.39 is 6.10 Å². The van der Waals surface area contributed by atoms with E-state index in [2.05, 4.69) is 37.1 Å². The Morgan fingerprint density at radius 2 is 2.06 bits per heavy atom. The van der Waals surface area contributed by atoms with Gasteiger partial charge in [-0.1, -0.05) is 6.07 Å². The molecule has 0 radical (unpaired) electrons. The smallest absolute Gasteiger partial charge is 0.166 e. The van der Waals surface area contributed by atoms with Crippen molar-refractivity contribution >= 4 is 21.7 Å². The lowest BCUT2D eigenvalue weighted by molar-refractivity contribution is 0.227. The van der Waals surface area contributed by atoms with Crippen LogP contribution in [0.2, 0.25) is 0 Å². The molecule has 166 valence electrons. The molecule has 4 rings (SSSR count). The molecular weight excluding hydrogens is 487 g/mol. The number of hydrogen-bond acceptors (Lipinski definition) is 6. The summed E-state index contributed by atoms with van der Waals surface area (Å²) in [4.78, 5) is 8.67. The summed E-state index contributed by atoms with van der Waals surface area (Å²) in [5, 5.41) is 13.6. The van der Waals surface area contributed by atoms with Crippen molar-refractivity contribution in [1.29, 1.82) is 5.26 Å². The zero-order valence-corrected chi connectivity index (χ0v) is 19.5. The van der Waals surface area contributed by atoms with E-state index in [4.69, 9.17) is 10.5 Å². The van der Waals surface area contributed by atoms with E-state index in [1.807, 2.05) is 19.1 Å². The maximum atomic E-state index is 14.3. The number of nitriles is 1. The summed E-state index contributed by atoms with van der Waals surface area (Å²) in [5.41, 5.74) is 10.1. The van der Waals surface area contributed by atoms with Crippen LogP contribution >= 0.6 is 15.9 Å². The standard InChI is InChI=1S/C24H20BrFN6O/c1-14(33-22-9-16(25)13-30-24(22)28)21-10-17(26)5-6-20(21)23-15(4-3-7-29-23)8-18-11-19(12-27)32(2)31-18/h3-7,9-11,13-14H,8H2,1-2H3,(H2,28,30)/t14-/m1/s1. The van der Waals surface area contributed by atoms with Gasteiger partial charge in [0.15, 0.2) is 11.6 Å². The van der Waals surface area contributed by atoms with Crippen LogP contribution in [0.15, 0.2) is 59.3 Å². The van der Waals surface area contributed by atoms with E-state index in [0.29, 0.717) is 29.1 Å². The fourth-order valence-corrected chi connectivity index (χ4v) is 3.91. The molecule has 0 aliphatic rings. The second-order valence-electron chi connectivity index (χ2n) is 7.47.